The molecule has 0 aliphatic carbocycles. The lowest BCUT2D eigenvalue weighted by atomic mass is 9.90. The number of ether oxygens (including phenoxy) is 2. The van der Waals surface area contributed by atoms with Gasteiger partial charge in [-0.05, 0) is 43.6 Å². The van der Waals surface area contributed by atoms with E-state index in [9.17, 15) is 13.6 Å². The maximum Gasteiger partial charge on any atom is 0.255 e. The summed E-state index contributed by atoms with van der Waals surface area (Å²) < 4.78 is 37.8. The number of hydrogen-bond donors (Lipinski definition) is 1. The fourth-order valence-electron chi connectivity index (χ4n) is 3.37. The van der Waals surface area contributed by atoms with Crippen molar-refractivity contribution < 1.29 is 23.0 Å². The maximum atomic E-state index is 13.5. The molecule has 2 saturated heterocycles. The Morgan fingerprint density at radius 2 is 2.08 bits per heavy atom. The third kappa shape index (κ3) is 3.29. The Hall–Kier alpha value is -1.57. The van der Waals surface area contributed by atoms with Gasteiger partial charge in [0, 0.05) is 13.7 Å². The van der Waals surface area contributed by atoms with E-state index >= 15 is 0 Å². The smallest absolute Gasteiger partial charge is 0.255 e. The molecule has 2 fully saturated rings. The van der Waals surface area contributed by atoms with E-state index < -0.39 is 23.3 Å². The zero-order valence-electron chi connectivity index (χ0n) is 13.7. The monoisotopic (exact) mass is 340 g/mol. The van der Waals surface area contributed by atoms with E-state index in [-0.39, 0.29) is 5.91 Å². The van der Waals surface area contributed by atoms with Crippen LogP contribution in [0.1, 0.15) is 24.5 Å². The molecule has 0 radical (unpaired) electrons. The van der Waals surface area contributed by atoms with Crippen LogP contribution in [0.25, 0.3) is 0 Å². The fourth-order valence-corrected chi connectivity index (χ4v) is 3.37. The van der Waals surface area contributed by atoms with Gasteiger partial charge in [0.15, 0.2) is 11.6 Å². The molecule has 24 heavy (non-hydrogen) atoms. The van der Waals surface area contributed by atoms with Crippen LogP contribution in [0.3, 0.4) is 0 Å². The minimum Gasteiger partial charge on any atom is -0.370 e. The van der Waals surface area contributed by atoms with Crippen molar-refractivity contribution in [3.05, 3.63) is 35.4 Å². The molecule has 2 aliphatic heterocycles. The van der Waals surface area contributed by atoms with Gasteiger partial charge in [-0.15, -0.1) is 0 Å². The summed E-state index contributed by atoms with van der Waals surface area (Å²) in [6.45, 7) is 2.60. The summed E-state index contributed by atoms with van der Waals surface area (Å²) in [5.41, 5.74) is -0.274. The van der Waals surface area contributed by atoms with Gasteiger partial charge in [-0.1, -0.05) is 6.07 Å². The van der Waals surface area contributed by atoms with Crippen LogP contribution in [0, 0.1) is 11.6 Å². The van der Waals surface area contributed by atoms with E-state index in [0.717, 1.165) is 25.2 Å². The van der Waals surface area contributed by atoms with E-state index in [4.69, 9.17) is 9.47 Å². The van der Waals surface area contributed by atoms with Crippen LogP contribution in [-0.4, -0.2) is 56.3 Å². The van der Waals surface area contributed by atoms with E-state index in [1.807, 2.05) is 0 Å². The van der Waals surface area contributed by atoms with E-state index in [1.165, 1.54) is 6.07 Å². The Bertz CT molecular complexity index is 605. The topological polar surface area (TPSA) is 50.8 Å². The second-order valence-electron chi connectivity index (χ2n) is 6.23. The van der Waals surface area contributed by atoms with Crippen LogP contribution in [0.5, 0.6) is 0 Å². The third-order valence-electron chi connectivity index (χ3n) is 4.86. The van der Waals surface area contributed by atoms with E-state index in [0.29, 0.717) is 38.1 Å². The fraction of sp³-hybridized carbons (Fsp3) is 0.588. The highest BCUT2D eigenvalue weighted by Gasteiger charge is 2.43. The zero-order chi connectivity index (χ0) is 17.2. The van der Waals surface area contributed by atoms with Gasteiger partial charge in [-0.3, -0.25) is 4.79 Å². The van der Waals surface area contributed by atoms with Crippen LogP contribution in [0.4, 0.5) is 8.78 Å². The lowest BCUT2D eigenvalue weighted by Crippen LogP contribution is -2.57. The van der Waals surface area contributed by atoms with Crippen LogP contribution in [-0.2, 0) is 14.3 Å². The number of halogens is 2. The molecular formula is C17H22F2N2O3. The highest BCUT2D eigenvalue weighted by molar-refractivity contribution is 5.85. The molecule has 1 atom stereocenters. The number of amides is 1. The minimum absolute atomic E-state index is 0.0533. The van der Waals surface area contributed by atoms with Crippen molar-refractivity contribution in [2.24, 2.45) is 0 Å². The number of rotatable bonds is 3. The number of hydrogen-bond acceptors (Lipinski definition) is 4. The highest BCUT2D eigenvalue weighted by atomic mass is 19.2. The number of benzene rings is 1. The Morgan fingerprint density at radius 3 is 2.75 bits per heavy atom. The predicted molar refractivity (Wildman–Crippen MR) is 83.5 cm³/mol. The molecular weight excluding hydrogens is 318 g/mol. The molecule has 2 heterocycles. The van der Waals surface area contributed by atoms with Gasteiger partial charge >= 0.3 is 0 Å². The molecule has 1 amide bonds. The SMILES string of the molecule is COC1(C(=O)N2CCOC(c3ccc(F)c(F)c3)C2)CCNCC1. The van der Waals surface area contributed by atoms with Gasteiger partial charge in [0.2, 0.25) is 0 Å². The van der Waals surface area contributed by atoms with Crippen molar-refractivity contribution in [1.29, 1.82) is 0 Å². The number of carbonyl (C=O) groups is 1. The Morgan fingerprint density at radius 1 is 1.33 bits per heavy atom. The van der Waals surface area contributed by atoms with Crippen molar-refractivity contribution in [3.63, 3.8) is 0 Å². The van der Waals surface area contributed by atoms with E-state index in [1.54, 1.807) is 12.0 Å². The Balaban J connectivity index is 1.74. The molecule has 0 spiro atoms. The first kappa shape index (κ1) is 17.3. The van der Waals surface area contributed by atoms with Crippen molar-refractivity contribution >= 4 is 5.91 Å². The molecule has 1 aromatic carbocycles. The van der Waals surface area contributed by atoms with Crippen LogP contribution in [0.2, 0.25) is 0 Å². The molecule has 1 N–H and O–H groups in total. The molecule has 0 saturated carbocycles. The summed E-state index contributed by atoms with van der Waals surface area (Å²) in [5.74, 6) is -1.86. The van der Waals surface area contributed by atoms with Crippen molar-refractivity contribution in [1.82, 2.24) is 10.2 Å². The highest BCUT2D eigenvalue weighted by Crippen LogP contribution is 2.29. The van der Waals surface area contributed by atoms with Gasteiger partial charge < -0.3 is 19.7 Å². The maximum absolute atomic E-state index is 13.5. The summed E-state index contributed by atoms with van der Waals surface area (Å²) in [6.07, 6.45) is 0.777. The molecule has 132 valence electrons. The lowest BCUT2D eigenvalue weighted by molar-refractivity contribution is -0.165. The number of carbonyl (C=O) groups excluding carboxylic acids is 1. The first-order chi connectivity index (χ1) is 11.6. The standard InChI is InChI=1S/C17H22F2N2O3/c1-23-17(4-6-20-7-5-17)16(22)21-8-9-24-15(11-21)12-2-3-13(18)14(19)10-12/h2-3,10,15,20H,4-9,11H2,1H3. The number of nitrogens with zero attached hydrogens (tertiary/aromatic N) is 1. The molecule has 1 aromatic rings. The van der Waals surface area contributed by atoms with Crippen LogP contribution < -0.4 is 5.32 Å². The molecule has 0 aromatic heterocycles. The Kier molecular flexibility index (Phi) is 5.12. The van der Waals surface area contributed by atoms with Gasteiger partial charge in [-0.2, -0.15) is 0 Å². The second-order valence-corrected chi connectivity index (χ2v) is 6.23. The number of morpholine rings is 1. The number of piperidine rings is 1. The van der Waals surface area contributed by atoms with Crippen molar-refractivity contribution in [3.8, 4) is 0 Å². The van der Waals surface area contributed by atoms with Crippen molar-refractivity contribution in [2.45, 2.75) is 24.5 Å². The average molecular weight is 340 g/mol. The third-order valence-corrected chi connectivity index (χ3v) is 4.86. The summed E-state index contributed by atoms with van der Waals surface area (Å²) >= 11 is 0. The predicted octanol–water partition coefficient (Wildman–Crippen LogP) is 1.63. The molecule has 1 unspecified atom stereocenters. The lowest BCUT2D eigenvalue weighted by Gasteiger charge is -2.41. The summed E-state index contributed by atoms with van der Waals surface area (Å²) in [5, 5.41) is 3.23. The minimum atomic E-state index is -0.911. The van der Waals surface area contributed by atoms with Gasteiger partial charge in [-0.25, -0.2) is 8.78 Å². The van der Waals surface area contributed by atoms with E-state index in [2.05, 4.69) is 5.32 Å². The molecule has 3 rings (SSSR count). The van der Waals surface area contributed by atoms with Crippen molar-refractivity contribution in [2.75, 3.05) is 39.9 Å². The van der Waals surface area contributed by atoms with Crippen LogP contribution >= 0.6 is 0 Å². The normalized spacial score (nSPS) is 24.0. The number of methoxy groups -OCH3 is 1. The Labute approximate surface area is 139 Å². The summed E-state index contributed by atoms with van der Waals surface area (Å²) in [7, 11) is 1.57. The van der Waals surface area contributed by atoms with Gasteiger partial charge in [0.25, 0.3) is 5.91 Å². The molecule has 0 bridgehead atoms. The largest absolute Gasteiger partial charge is 0.370 e. The second kappa shape index (κ2) is 7.13. The zero-order valence-corrected chi connectivity index (χ0v) is 13.7. The first-order valence-corrected chi connectivity index (χ1v) is 8.17. The van der Waals surface area contributed by atoms with Gasteiger partial charge in [0.05, 0.1) is 13.2 Å². The average Bonchev–Trinajstić information content (AvgIpc) is 2.64. The quantitative estimate of drug-likeness (QED) is 0.909. The molecule has 7 heteroatoms. The van der Waals surface area contributed by atoms with Gasteiger partial charge in [0.1, 0.15) is 11.7 Å². The summed E-state index contributed by atoms with van der Waals surface area (Å²) in [4.78, 5) is 14.7. The molecule has 5 nitrogen and oxygen atoms in total. The first-order valence-electron chi connectivity index (χ1n) is 8.17. The molecule has 2 aliphatic rings. The van der Waals surface area contributed by atoms with Crippen LogP contribution in [0.15, 0.2) is 18.2 Å². The number of nitrogens with one attached hydrogen (secondary N) is 1. The summed E-state index contributed by atoms with van der Waals surface area (Å²) in [6, 6.07) is 3.70.